The van der Waals surface area contributed by atoms with Crippen molar-refractivity contribution in [3.8, 4) is 5.75 Å². The average molecular weight is 400 g/mol. The molecular formula is C20H18BrNO3. The predicted molar refractivity (Wildman–Crippen MR) is 104 cm³/mol. The fourth-order valence-corrected chi connectivity index (χ4v) is 2.91. The number of carbonyl (C=O) groups is 1. The quantitative estimate of drug-likeness (QED) is 0.584. The Morgan fingerprint density at radius 1 is 1.24 bits per heavy atom. The number of halogens is 1. The summed E-state index contributed by atoms with van der Waals surface area (Å²) in [7, 11) is 1.61. The highest BCUT2D eigenvalue weighted by molar-refractivity contribution is 9.10. The van der Waals surface area contributed by atoms with Crippen molar-refractivity contribution in [3.63, 3.8) is 0 Å². The lowest BCUT2D eigenvalue weighted by atomic mass is 10.0. The monoisotopic (exact) mass is 399 g/mol. The van der Waals surface area contributed by atoms with Crippen LogP contribution in [0.25, 0.3) is 16.5 Å². The highest BCUT2D eigenvalue weighted by Crippen LogP contribution is 2.33. The zero-order valence-corrected chi connectivity index (χ0v) is 15.8. The number of hydrogen-bond acceptors (Lipinski definition) is 3. The fraction of sp³-hybridized carbons (Fsp3) is 0.150. The lowest BCUT2D eigenvalue weighted by Crippen LogP contribution is -2.08. The number of nitrogens with one attached hydrogen (secondary N) is 1. The summed E-state index contributed by atoms with van der Waals surface area (Å²) in [5, 5.41) is 3.87. The van der Waals surface area contributed by atoms with Gasteiger partial charge in [-0.2, -0.15) is 0 Å². The third-order valence-electron chi connectivity index (χ3n) is 3.97. The van der Waals surface area contributed by atoms with Gasteiger partial charge in [0.1, 0.15) is 11.3 Å². The van der Waals surface area contributed by atoms with Crippen LogP contribution in [0.5, 0.6) is 5.75 Å². The SMILES string of the molecule is COc1cc2occ(C)c2cc1/C(C)=C/C(=O)Nc1ccc(Br)cc1. The molecule has 128 valence electrons. The summed E-state index contributed by atoms with van der Waals surface area (Å²) in [5.41, 5.74) is 4.24. The van der Waals surface area contributed by atoms with Crippen molar-refractivity contribution in [1.29, 1.82) is 0 Å². The third kappa shape index (κ3) is 3.77. The van der Waals surface area contributed by atoms with Crippen LogP contribution in [0.1, 0.15) is 18.1 Å². The molecule has 0 aliphatic heterocycles. The summed E-state index contributed by atoms with van der Waals surface area (Å²) < 4.78 is 11.9. The largest absolute Gasteiger partial charge is 0.496 e. The number of amides is 1. The summed E-state index contributed by atoms with van der Waals surface area (Å²) in [5.74, 6) is 0.484. The standard InChI is InChI=1S/C20H18BrNO3/c1-12(8-20(23)22-15-6-4-14(21)5-7-15)16-9-17-13(2)11-25-19(17)10-18(16)24-3/h4-11H,1-3H3,(H,22,23)/b12-8+. The van der Waals surface area contributed by atoms with Gasteiger partial charge in [0.15, 0.2) is 0 Å². The molecule has 4 nitrogen and oxygen atoms in total. The second-order valence-corrected chi connectivity index (χ2v) is 6.71. The van der Waals surface area contributed by atoms with Crippen LogP contribution in [0, 0.1) is 6.92 Å². The van der Waals surface area contributed by atoms with Gasteiger partial charge in [0.05, 0.1) is 13.4 Å². The summed E-state index contributed by atoms with van der Waals surface area (Å²) in [6, 6.07) is 11.3. The van der Waals surface area contributed by atoms with Gasteiger partial charge in [-0.05, 0) is 55.3 Å². The Morgan fingerprint density at radius 3 is 2.64 bits per heavy atom. The summed E-state index contributed by atoms with van der Waals surface area (Å²) >= 11 is 3.37. The minimum atomic E-state index is -0.189. The molecule has 2 aromatic carbocycles. The van der Waals surface area contributed by atoms with Gasteiger partial charge >= 0.3 is 0 Å². The Kier molecular flexibility index (Phi) is 4.95. The Balaban J connectivity index is 1.90. The zero-order valence-electron chi connectivity index (χ0n) is 14.2. The average Bonchev–Trinajstić information content (AvgIpc) is 2.96. The maximum absolute atomic E-state index is 12.3. The van der Waals surface area contributed by atoms with Crippen molar-refractivity contribution in [2.24, 2.45) is 0 Å². The summed E-state index contributed by atoms with van der Waals surface area (Å²) in [6.45, 7) is 3.88. The van der Waals surface area contributed by atoms with E-state index in [4.69, 9.17) is 9.15 Å². The Morgan fingerprint density at radius 2 is 1.96 bits per heavy atom. The molecule has 0 bridgehead atoms. The first-order valence-corrected chi connectivity index (χ1v) is 8.58. The van der Waals surface area contributed by atoms with Crippen molar-refractivity contribution in [2.75, 3.05) is 12.4 Å². The van der Waals surface area contributed by atoms with Crippen LogP contribution in [0.3, 0.4) is 0 Å². The van der Waals surface area contributed by atoms with E-state index in [-0.39, 0.29) is 5.91 Å². The molecule has 0 unspecified atom stereocenters. The highest BCUT2D eigenvalue weighted by atomic mass is 79.9. The van der Waals surface area contributed by atoms with Gasteiger partial charge in [0.2, 0.25) is 5.91 Å². The Bertz CT molecular complexity index is 955. The smallest absolute Gasteiger partial charge is 0.248 e. The molecule has 1 heterocycles. The van der Waals surface area contributed by atoms with E-state index in [0.717, 1.165) is 37.8 Å². The maximum Gasteiger partial charge on any atom is 0.248 e. The molecule has 0 atom stereocenters. The van der Waals surface area contributed by atoms with Crippen molar-refractivity contribution in [1.82, 2.24) is 0 Å². The number of methoxy groups -OCH3 is 1. The van der Waals surface area contributed by atoms with E-state index in [1.807, 2.05) is 50.2 Å². The summed E-state index contributed by atoms with van der Waals surface area (Å²) in [6.07, 6.45) is 3.29. The van der Waals surface area contributed by atoms with Crippen molar-refractivity contribution >= 4 is 44.1 Å². The Hall–Kier alpha value is -2.53. The molecule has 0 spiro atoms. The van der Waals surface area contributed by atoms with Crippen LogP contribution in [-0.2, 0) is 4.79 Å². The first kappa shape index (κ1) is 17.3. The van der Waals surface area contributed by atoms with E-state index in [1.54, 1.807) is 19.4 Å². The molecule has 1 aromatic heterocycles. The number of anilines is 1. The number of aryl methyl sites for hydroxylation is 1. The first-order chi connectivity index (χ1) is 12.0. The molecule has 25 heavy (non-hydrogen) atoms. The molecule has 0 radical (unpaired) electrons. The predicted octanol–water partition coefficient (Wildman–Crippen LogP) is 5.55. The van der Waals surface area contributed by atoms with Crippen molar-refractivity contribution < 1.29 is 13.9 Å². The number of allylic oxidation sites excluding steroid dienone is 1. The third-order valence-corrected chi connectivity index (χ3v) is 4.50. The van der Waals surface area contributed by atoms with Gasteiger partial charge in [-0.25, -0.2) is 0 Å². The van der Waals surface area contributed by atoms with Gasteiger partial charge in [-0.3, -0.25) is 4.79 Å². The van der Waals surface area contributed by atoms with Crippen molar-refractivity contribution in [3.05, 3.63) is 64.3 Å². The summed E-state index contributed by atoms with van der Waals surface area (Å²) in [4.78, 5) is 12.3. The molecule has 5 heteroatoms. The molecule has 0 saturated carbocycles. The van der Waals surface area contributed by atoms with Gasteiger partial charge < -0.3 is 14.5 Å². The molecule has 1 N–H and O–H groups in total. The topological polar surface area (TPSA) is 51.5 Å². The number of ether oxygens (including phenoxy) is 1. The lowest BCUT2D eigenvalue weighted by Gasteiger charge is -2.10. The minimum Gasteiger partial charge on any atom is -0.496 e. The maximum atomic E-state index is 12.3. The van der Waals surface area contributed by atoms with E-state index in [2.05, 4.69) is 21.2 Å². The number of hydrogen-bond donors (Lipinski definition) is 1. The number of fused-ring (bicyclic) bond motifs is 1. The van der Waals surface area contributed by atoms with Crippen LogP contribution in [0.15, 0.2) is 57.6 Å². The number of rotatable bonds is 4. The highest BCUT2D eigenvalue weighted by Gasteiger charge is 2.12. The molecule has 0 fully saturated rings. The van der Waals surface area contributed by atoms with Gasteiger partial charge in [0, 0.05) is 33.3 Å². The minimum absolute atomic E-state index is 0.189. The second-order valence-electron chi connectivity index (χ2n) is 5.79. The molecule has 0 aliphatic carbocycles. The Labute approximate surface area is 154 Å². The molecular weight excluding hydrogens is 382 g/mol. The second kappa shape index (κ2) is 7.15. The van der Waals surface area contributed by atoms with Crippen LogP contribution in [0.4, 0.5) is 5.69 Å². The van der Waals surface area contributed by atoms with Crippen LogP contribution >= 0.6 is 15.9 Å². The molecule has 0 saturated heterocycles. The van der Waals surface area contributed by atoms with Crippen molar-refractivity contribution in [2.45, 2.75) is 13.8 Å². The van der Waals surface area contributed by atoms with E-state index in [9.17, 15) is 4.79 Å². The van der Waals surface area contributed by atoms with Crippen LogP contribution in [0.2, 0.25) is 0 Å². The van der Waals surface area contributed by atoms with Crippen LogP contribution in [-0.4, -0.2) is 13.0 Å². The van der Waals surface area contributed by atoms with E-state index < -0.39 is 0 Å². The molecule has 1 amide bonds. The van der Waals surface area contributed by atoms with Gasteiger partial charge in [0.25, 0.3) is 0 Å². The van der Waals surface area contributed by atoms with Crippen LogP contribution < -0.4 is 10.1 Å². The first-order valence-electron chi connectivity index (χ1n) is 7.79. The molecule has 3 rings (SSSR count). The lowest BCUT2D eigenvalue weighted by molar-refractivity contribution is -0.111. The fourth-order valence-electron chi connectivity index (χ4n) is 2.65. The van der Waals surface area contributed by atoms with Gasteiger partial charge in [-0.15, -0.1) is 0 Å². The van der Waals surface area contributed by atoms with E-state index in [0.29, 0.717) is 5.75 Å². The molecule has 3 aromatic rings. The normalized spacial score (nSPS) is 11.6. The van der Waals surface area contributed by atoms with Gasteiger partial charge in [-0.1, -0.05) is 15.9 Å². The number of furan rings is 1. The molecule has 0 aliphatic rings. The van der Waals surface area contributed by atoms with E-state index in [1.165, 1.54) is 0 Å². The van der Waals surface area contributed by atoms with E-state index >= 15 is 0 Å². The number of carbonyl (C=O) groups excluding carboxylic acids is 1. The number of benzene rings is 2. The zero-order chi connectivity index (χ0) is 18.0.